The van der Waals surface area contributed by atoms with Gasteiger partial charge in [0.05, 0.1) is 21.6 Å². The van der Waals surface area contributed by atoms with E-state index in [-0.39, 0.29) is 11.7 Å². The highest BCUT2D eigenvalue weighted by Crippen LogP contribution is 2.33. The zero-order valence-electron chi connectivity index (χ0n) is 11.6. The first-order valence-corrected chi connectivity index (χ1v) is 8.01. The molecule has 0 unspecified atom stereocenters. The van der Waals surface area contributed by atoms with Gasteiger partial charge in [0.25, 0.3) is 5.69 Å². The van der Waals surface area contributed by atoms with Gasteiger partial charge in [0.15, 0.2) is 0 Å². The molecule has 114 valence electrons. The van der Waals surface area contributed by atoms with E-state index in [9.17, 15) is 14.9 Å². The quantitative estimate of drug-likeness (QED) is 0.427. The second-order valence-corrected chi connectivity index (χ2v) is 6.22. The van der Waals surface area contributed by atoms with Crippen LogP contribution in [-0.2, 0) is 4.74 Å². The highest BCUT2D eigenvalue weighted by molar-refractivity contribution is 9.10. The highest BCUT2D eigenvalue weighted by Gasteiger charge is 2.12. The van der Waals surface area contributed by atoms with Crippen LogP contribution in [0, 0.1) is 10.1 Å². The predicted molar refractivity (Wildman–Crippen MR) is 87.3 cm³/mol. The van der Waals surface area contributed by atoms with Crippen LogP contribution in [0.2, 0.25) is 0 Å². The maximum absolute atomic E-state index is 11.6. The second kappa shape index (κ2) is 7.42. The molecule has 2 rings (SSSR count). The molecule has 2 aromatic carbocycles. The van der Waals surface area contributed by atoms with Gasteiger partial charge in [-0.05, 0) is 59.3 Å². The summed E-state index contributed by atoms with van der Waals surface area (Å²) in [6.07, 6.45) is 0. The Kier molecular flexibility index (Phi) is 5.57. The minimum Gasteiger partial charge on any atom is -0.462 e. The van der Waals surface area contributed by atoms with E-state index in [0.29, 0.717) is 16.6 Å². The summed E-state index contributed by atoms with van der Waals surface area (Å²) in [6, 6.07) is 11.9. The normalized spacial score (nSPS) is 10.3. The largest absolute Gasteiger partial charge is 0.462 e. The van der Waals surface area contributed by atoms with E-state index in [4.69, 9.17) is 4.74 Å². The van der Waals surface area contributed by atoms with Crippen molar-refractivity contribution in [1.29, 1.82) is 0 Å². The van der Waals surface area contributed by atoms with Crippen LogP contribution in [0.3, 0.4) is 0 Å². The van der Waals surface area contributed by atoms with Crippen LogP contribution in [-0.4, -0.2) is 17.5 Å². The standard InChI is InChI=1S/C15H12BrNO4S/c1-2-21-15(18)10-3-5-11(6-4-10)22-12-7-8-14(17(19)20)13(16)9-12/h3-9H,2H2,1H3. The number of nitro groups is 1. The van der Waals surface area contributed by atoms with Gasteiger partial charge in [0, 0.05) is 15.9 Å². The first-order chi connectivity index (χ1) is 10.5. The molecule has 0 bridgehead atoms. The van der Waals surface area contributed by atoms with Crippen LogP contribution in [0.5, 0.6) is 0 Å². The number of carbonyl (C=O) groups excluding carboxylic acids is 1. The van der Waals surface area contributed by atoms with Crippen molar-refractivity contribution >= 4 is 39.3 Å². The topological polar surface area (TPSA) is 69.4 Å². The molecule has 0 aliphatic carbocycles. The summed E-state index contributed by atoms with van der Waals surface area (Å²) in [5.41, 5.74) is 0.526. The SMILES string of the molecule is CCOC(=O)c1ccc(Sc2ccc([N+](=O)[O-])c(Br)c2)cc1. The van der Waals surface area contributed by atoms with Crippen LogP contribution >= 0.6 is 27.7 Å². The molecule has 7 heteroatoms. The third kappa shape index (κ3) is 4.08. The number of halogens is 1. The Balaban J connectivity index is 2.12. The van der Waals surface area contributed by atoms with Crippen molar-refractivity contribution in [1.82, 2.24) is 0 Å². The minimum atomic E-state index is -0.438. The number of carbonyl (C=O) groups is 1. The molecule has 0 radical (unpaired) electrons. The van der Waals surface area contributed by atoms with Gasteiger partial charge in [0.2, 0.25) is 0 Å². The van der Waals surface area contributed by atoms with Gasteiger partial charge >= 0.3 is 5.97 Å². The molecule has 0 amide bonds. The van der Waals surface area contributed by atoms with Crippen molar-refractivity contribution in [2.24, 2.45) is 0 Å². The lowest BCUT2D eigenvalue weighted by Crippen LogP contribution is -2.03. The summed E-state index contributed by atoms with van der Waals surface area (Å²) in [5.74, 6) is -0.350. The lowest BCUT2D eigenvalue weighted by molar-refractivity contribution is -0.385. The van der Waals surface area contributed by atoms with Gasteiger partial charge < -0.3 is 4.74 Å². The Bertz CT molecular complexity index is 703. The van der Waals surface area contributed by atoms with Gasteiger partial charge in [-0.3, -0.25) is 10.1 Å². The lowest BCUT2D eigenvalue weighted by Gasteiger charge is -2.05. The van der Waals surface area contributed by atoms with Crippen molar-refractivity contribution in [3.63, 3.8) is 0 Å². The van der Waals surface area contributed by atoms with E-state index in [0.717, 1.165) is 9.79 Å². The summed E-state index contributed by atoms with van der Waals surface area (Å²) in [7, 11) is 0. The number of esters is 1. The predicted octanol–water partition coefficient (Wildman–Crippen LogP) is 4.69. The molecule has 5 nitrogen and oxygen atoms in total. The lowest BCUT2D eigenvalue weighted by atomic mass is 10.2. The van der Waals surface area contributed by atoms with Gasteiger partial charge in [-0.15, -0.1) is 0 Å². The molecule has 0 aromatic heterocycles. The maximum Gasteiger partial charge on any atom is 0.338 e. The summed E-state index contributed by atoms with van der Waals surface area (Å²) in [6.45, 7) is 2.10. The van der Waals surface area contributed by atoms with Crippen molar-refractivity contribution < 1.29 is 14.5 Å². The van der Waals surface area contributed by atoms with Crippen LogP contribution in [0.4, 0.5) is 5.69 Å². The van der Waals surface area contributed by atoms with Crippen LogP contribution in [0.15, 0.2) is 56.7 Å². The molecule has 0 N–H and O–H groups in total. The molecule has 2 aromatic rings. The number of ether oxygens (including phenoxy) is 1. The average molecular weight is 382 g/mol. The van der Waals surface area contributed by atoms with Crippen LogP contribution in [0.25, 0.3) is 0 Å². The molecule has 0 saturated carbocycles. The van der Waals surface area contributed by atoms with Gasteiger partial charge in [0.1, 0.15) is 0 Å². The minimum absolute atomic E-state index is 0.0296. The third-order valence-corrected chi connectivity index (χ3v) is 4.35. The first-order valence-electron chi connectivity index (χ1n) is 6.40. The van der Waals surface area contributed by atoms with E-state index in [1.54, 1.807) is 31.2 Å². The van der Waals surface area contributed by atoms with Crippen molar-refractivity contribution in [2.75, 3.05) is 6.61 Å². The molecular formula is C15H12BrNO4S. The van der Waals surface area contributed by atoms with Gasteiger partial charge in [-0.2, -0.15) is 0 Å². The van der Waals surface area contributed by atoms with Crippen LogP contribution < -0.4 is 0 Å². The Morgan fingerprint density at radius 3 is 2.41 bits per heavy atom. The fourth-order valence-electron chi connectivity index (χ4n) is 1.71. The van der Waals surface area contributed by atoms with Gasteiger partial charge in [-0.1, -0.05) is 11.8 Å². The van der Waals surface area contributed by atoms with Crippen molar-refractivity contribution in [3.8, 4) is 0 Å². The Labute approximate surface area is 140 Å². The molecular weight excluding hydrogens is 370 g/mol. The smallest absolute Gasteiger partial charge is 0.338 e. The van der Waals surface area contributed by atoms with E-state index < -0.39 is 4.92 Å². The second-order valence-electron chi connectivity index (χ2n) is 4.22. The number of hydrogen-bond acceptors (Lipinski definition) is 5. The van der Waals surface area contributed by atoms with Crippen molar-refractivity contribution in [2.45, 2.75) is 16.7 Å². The van der Waals surface area contributed by atoms with E-state index >= 15 is 0 Å². The number of rotatable bonds is 5. The molecule has 0 fully saturated rings. The maximum atomic E-state index is 11.6. The van der Waals surface area contributed by atoms with Crippen molar-refractivity contribution in [3.05, 3.63) is 62.6 Å². The fourth-order valence-corrected chi connectivity index (χ4v) is 3.24. The Hall–Kier alpha value is -1.86. The first kappa shape index (κ1) is 16.5. The Morgan fingerprint density at radius 2 is 1.86 bits per heavy atom. The molecule has 22 heavy (non-hydrogen) atoms. The average Bonchev–Trinajstić information content (AvgIpc) is 2.48. The summed E-state index contributed by atoms with van der Waals surface area (Å²) >= 11 is 4.64. The molecule has 0 aliphatic rings. The molecule has 0 saturated heterocycles. The number of nitro benzene ring substituents is 1. The summed E-state index contributed by atoms with van der Waals surface area (Å²) in [4.78, 5) is 23.7. The zero-order chi connectivity index (χ0) is 16.1. The third-order valence-electron chi connectivity index (χ3n) is 2.72. The van der Waals surface area contributed by atoms with E-state index in [2.05, 4.69) is 15.9 Å². The molecule has 0 heterocycles. The number of nitrogens with zero attached hydrogens (tertiary/aromatic N) is 1. The monoisotopic (exact) mass is 381 g/mol. The molecule has 0 spiro atoms. The fraction of sp³-hybridized carbons (Fsp3) is 0.133. The number of benzene rings is 2. The highest BCUT2D eigenvalue weighted by atomic mass is 79.9. The Morgan fingerprint density at radius 1 is 1.23 bits per heavy atom. The summed E-state index contributed by atoms with van der Waals surface area (Å²) in [5, 5.41) is 10.8. The molecule has 0 aliphatic heterocycles. The van der Waals surface area contributed by atoms with Crippen LogP contribution in [0.1, 0.15) is 17.3 Å². The number of hydrogen-bond donors (Lipinski definition) is 0. The molecule has 0 atom stereocenters. The van der Waals surface area contributed by atoms with E-state index in [1.165, 1.54) is 17.8 Å². The summed E-state index contributed by atoms with van der Waals surface area (Å²) < 4.78 is 5.36. The van der Waals surface area contributed by atoms with E-state index in [1.807, 2.05) is 12.1 Å². The van der Waals surface area contributed by atoms with Gasteiger partial charge in [-0.25, -0.2) is 4.79 Å². The zero-order valence-corrected chi connectivity index (χ0v) is 14.0.